The molecule has 0 unspecified atom stereocenters. The number of carbonyl (C=O) groups excluding carboxylic acids is 1. The van der Waals surface area contributed by atoms with Gasteiger partial charge in [0.15, 0.2) is 0 Å². The Morgan fingerprint density at radius 2 is 1.77 bits per heavy atom. The minimum Gasteiger partial charge on any atom is -0.378 e. The third-order valence-electron chi connectivity index (χ3n) is 7.78. The first-order chi connectivity index (χ1) is 15.2. The van der Waals surface area contributed by atoms with Gasteiger partial charge in [-0.2, -0.15) is 0 Å². The molecule has 156 valence electrons. The molecule has 2 saturated carbocycles. The summed E-state index contributed by atoms with van der Waals surface area (Å²) in [5, 5.41) is 6.94. The van der Waals surface area contributed by atoms with Crippen molar-refractivity contribution in [2.75, 3.05) is 10.6 Å². The van der Waals surface area contributed by atoms with Gasteiger partial charge in [-0.1, -0.05) is 42.5 Å². The van der Waals surface area contributed by atoms with E-state index in [1.807, 2.05) is 37.3 Å². The Bertz CT molecular complexity index is 1140. The Morgan fingerprint density at radius 3 is 2.61 bits per heavy atom. The monoisotopic (exact) mass is 408 g/mol. The van der Waals surface area contributed by atoms with Crippen molar-refractivity contribution in [2.45, 2.75) is 38.1 Å². The SMILES string of the molecule is Cc1cccc(NC(=O)c2ccc3c(c2)[C@@H]2[C@H]4CC[C@@H](C4)[C@H]2[C@H](c2ccccc2)N3)c1. The lowest BCUT2D eigenvalue weighted by Gasteiger charge is -2.43. The fourth-order valence-electron chi connectivity index (χ4n) is 6.54. The Hall–Kier alpha value is -3.07. The second-order valence-electron chi connectivity index (χ2n) is 9.59. The molecular weight excluding hydrogens is 380 g/mol. The summed E-state index contributed by atoms with van der Waals surface area (Å²) in [6.45, 7) is 2.04. The highest BCUT2D eigenvalue weighted by Gasteiger charge is 2.53. The summed E-state index contributed by atoms with van der Waals surface area (Å²) in [6.07, 6.45) is 4.01. The molecule has 5 atom stereocenters. The third-order valence-corrected chi connectivity index (χ3v) is 7.78. The molecule has 6 rings (SSSR count). The number of benzene rings is 3. The molecule has 2 aliphatic carbocycles. The van der Waals surface area contributed by atoms with Crippen LogP contribution >= 0.6 is 0 Å². The molecule has 3 nitrogen and oxygen atoms in total. The van der Waals surface area contributed by atoms with Crippen LogP contribution in [0.5, 0.6) is 0 Å². The molecule has 0 aromatic heterocycles. The van der Waals surface area contributed by atoms with Gasteiger partial charge in [-0.15, -0.1) is 0 Å². The molecule has 0 radical (unpaired) electrons. The Kier molecular flexibility index (Phi) is 4.38. The van der Waals surface area contributed by atoms with E-state index in [9.17, 15) is 4.79 Å². The highest BCUT2D eigenvalue weighted by Crippen LogP contribution is 2.63. The molecule has 1 amide bonds. The normalized spacial score (nSPS) is 27.8. The summed E-state index contributed by atoms with van der Waals surface area (Å²) in [5.74, 6) is 2.66. The Labute approximate surface area is 183 Å². The van der Waals surface area contributed by atoms with Crippen LogP contribution in [0.3, 0.4) is 0 Å². The zero-order chi connectivity index (χ0) is 20.9. The summed E-state index contributed by atoms with van der Waals surface area (Å²) < 4.78 is 0. The van der Waals surface area contributed by atoms with Crippen LogP contribution < -0.4 is 10.6 Å². The van der Waals surface area contributed by atoms with Crippen molar-refractivity contribution >= 4 is 17.3 Å². The van der Waals surface area contributed by atoms with Gasteiger partial charge in [-0.3, -0.25) is 4.79 Å². The molecule has 1 heterocycles. The van der Waals surface area contributed by atoms with Crippen LogP contribution in [-0.2, 0) is 0 Å². The van der Waals surface area contributed by atoms with Gasteiger partial charge in [-0.05, 0) is 96.9 Å². The smallest absolute Gasteiger partial charge is 0.255 e. The van der Waals surface area contributed by atoms with Crippen LogP contribution in [0.25, 0.3) is 0 Å². The van der Waals surface area contributed by atoms with Crippen LogP contribution in [0.2, 0.25) is 0 Å². The van der Waals surface area contributed by atoms with Crippen molar-refractivity contribution in [3.8, 4) is 0 Å². The highest BCUT2D eigenvalue weighted by molar-refractivity contribution is 6.04. The van der Waals surface area contributed by atoms with Crippen LogP contribution in [0.1, 0.15) is 58.3 Å². The first-order valence-corrected chi connectivity index (χ1v) is 11.5. The Balaban J connectivity index is 1.35. The first kappa shape index (κ1) is 18.7. The van der Waals surface area contributed by atoms with Crippen molar-refractivity contribution in [1.82, 2.24) is 0 Å². The van der Waals surface area contributed by atoms with Crippen LogP contribution in [0, 0.1) is 24.7 Å². The predicted molar refractivity (Wildman–Crippen MR) is 125 cm³/mol. The zero-order valence-electron chi connectivity index (χ0n) is 17.8. The fraction of sp³-hybridized carbons (Fsp3) is 0.321. The van der Waals surface area contributed by atoms with Gasteiger partial charge in [0.1, 0.15) is 0 Å². The summed E-state index contributed by atoms with van der Waals surface area (Å²) in [4.78, 5) is 13.0. The second-order valence-corrected chi connectivity index (χ2v) is 9.59. The molecule has 1 aliphatic heterocycles. The van der Waals surface area contributed by atoms with E-state index in [1.54, 1.807) is 0 Å². The van der Waals surface area contributed by atoms with Crippen molar-refractivity contribution in [2.24, 2.45) is 17.8 Å². The number of fused-ring (bicyclic) bond motifs is 7. The van der Waals surface area contributed by atoms with E-state index in [2.05, 4.69) is 53.1 Å². The van der Waals surface area contributed by atoms with E-state index < -0.39 is 0 Å². The van der Waals surface area contributed by atoms with Crippen molar-refractivity contribution < 1.29 is 4.79 Å². The number of aryl methyl sites for hydroxylation is 1. The van der Waals surface area contributed by atoms with Gasteiger partial charge in [0.05, 0.1) is 6.04 Å². The number of nitrogens with one attached hydrogen (secondary N) is 2. The summed E-state index contributed by atoms with van der Waals surface area (Å²) >= 11 is 0. The minimum absolute atomic E-state index is 0.0294. The molecular formula is C28H28N2O. The fourth-order valence-corrected chi connectivity index (χ4v) is 6.54. The van der Waals surface area contributed by atoms with E-state index in [0.29, 0.717) is 17.9 Å². The molecule has 31 heavy (non-hydrogen) atoms. The Morgan fingerprint density at radius 1 is 0.935 bits per heavy atom. The van der Waals surface area contributed by atoms with Crippen molar-refractivity contribution in [1.29, 1.82) is 0 Å². The maximum absolute atomic E-state index is 13.0. The quantitative estimate of drug-likeness (QED) is 0.516. The molecule has 2 N–H and O–H groups in total. The average molecular weight is 409 g/mol. The second kappa shape index (κ2) is 7.26. The number of hydrogen-bond donors (Lipinski definition) is 2. The molecule has 3 heteroatoms. The lowest BCUT2D eigenvalue weighted by Crippen LogP contribution is -2.35. The van der Waals surface area contributed by atoms with Gasteiger partial charge in [0.25, 0.3) is 5.91 Å². The molecule has 3 aromatic carbocycles. The largest absolute Gasteiger partial charge is 0.378 e. The molecule has 3 aliphatic rings. The summed E-state index contributed by atoms with van der Waals surface area (Å²) in [5.41, 5.74) is 6.68. The maximum atomic E-state index is 13.0. The minimum atomic E-state index is -0.0294. The average Bonchev–Trinajstić information content (AvgIpc) is 3.42. The van der Waals surface area contributed by atoms with E-state index >= 15 is 0 Å². The van der Waals surface area contributed by atoms with E-state index in [1.165, 1.54) is 36.1 Å². The highest BCUT2D eigenvalue weighted by atomic mass is 16.1. The lowest BCUT2D eigenvalue weighted by atomic mass is 9.68. The van der Waals surface area contributed by atoms with Crippen molar-refractivity contribution in [3.05, 3.63) is 95.1 Å². The number of hydrogen-bond acceptors (Lipinski definition) is 2. The predicted octanol–water partition coefficient (Wildman–Crippen LogP) is 6.54. The topological polar surface area (TPSA) is 41.1 Å². The summed E-state index contributed by atoms with van der Waals surface area (Å²) in [7, 11) is 0. The van der Waals surface area contributed by atoms with Gasteiger partial charge < -0.3 is 10.6 Å². The van der Waals surface area contributed by atoms with Gasteiger partial charge in [0.2, 0.25) is 0 Å². The van der Waals surface area contributed by atoms with Gasteiger partial charge >= 0.3 is 0 Å². The molecule has 2 bridgehead atoms. The maximum Gasteiger partial charge on any atom is 0.255 e. The van der Waals surface area contributed by atoms with Crippen molar-refractivity contribution in [3.63, 3.8) is 0 Å². The van der Waals surface area contributed by atoms with Crippen LogP contribution in [0.4, 0.5) is 11.4 Å². The van der Waals surface area contributed by atoms with E-state index in [-0.39, 0.29) is 5.91 Å². The standard InChI is InChI=1S/C28H28N2O/c1-17-6-5-9-22(14-17)29-28(31)21-12-13-24-23(16-21)25-19-10-11-20(15-19)26(25)27(30-24)18-7-3-2-4-8-18/h2-9,12-14,16,19-20,25-27,30H,10-11,15H2,1H3,(H,29,31)/t19-,20-,25-,26+,27-/m0/s1. The zero-order valence-corrected chi connectivity index (χ0v) is 17.8. The number of amides is 1. The number of rotatable bonds is 3. The van der Waals surface area contributed by atoms with E-state index in [0.717, 1.165) is 28.7 Å². The summed E-state index contributed by atoms with van der Waals surface area (Å²) in [6, 6.07) is 25.5. The van der Waals surface area contributed by atoms with Gasteiger partial charge in [-0.25, -0.2) is 0 Å². The molecule has 0 saturated heterocycles. The van der Waals surface area contributed by atoms with Gasteiger partial charge in [0, 0.05) is 16.9 Å². The van der Waals surface area contributed by atoms with E-state index in [4.69, 9.17) is 0 Å². The third kappa shape index (κ3) is 3.15. The van der Waals surface area contributed by atoms with Crippen LogP contribution in [-0.4, -0.2) is 5.91 Å². The number of carbonyl (C=O) groups is 1. The molecule has 3 aromatic rings. The van der Waals surface area contributed by atoms with Crippen LogP contribution in [0.15, 0.2) is 72.8 Å². The molecule has 0 spiro atoms. The molecule has 2 fully saturated rings. The number of anilines is 2. The first-order valence-electron chi connectivity index (χ1n) is 11.5. The lowest BCUT2D eigenvalue weighted by molar-refractivity contribution is 0.102.